The number of nitrogens with zero attached hydrogens (tertiary/aromatic N) is 1. The molecule has 1 aromatic rings. The lowest BCUT2D eigenvalue weighted by molar-refractivity contribution is -0.199. The monoisotopic (exact) mass is 384 g/mol. The van der Waals surface area contributed by atoms with Crippen molar-refractivity contribution in [3.63, 3.8) is 0 Å². The van der Waals surface area contributed by atoms with Crippen LogP contribution in [0.3, 0.4) is 0 Å². The first-order valence-electron chi connectivity index (χ1n) is 7.42. The van der Waals surface area contributed by atoms with E-state index in [1.807, 2.05) is 0 Å². The molecular formula is C15H17BrN2O5. The highest BCUT2D eigenvalue weighted by molar-refractivity contribution is 9.10. The fourth-order valence-electron chi connectivity index (χ4n) is 2.46. The maximum atomic E-state index is 12.0. The van der Waals surface area contributed by atoms with Gasteiger partial charge in [0.1, 0.15) is 12.3 Å². The molecule has 0 aliphatic carbocycles. The zero-order valence-electron chi connectivity index (χ0n) is 12.4. The van der Waals surface area contributed by atoms with Gasteiger partial charge in [-0.15, -0.1) is 0 Å². The van der Waals surface area contributed by atoms with Gasteiger partial charge < -0.3 is 9.47 Å². The summed E-state index contributed by atoms with van der Waals surface area (Å²) >= 11 is 3.35. The van der Waals surface area contributed by atoms with Crippen LogP contribution in [0.15, 0.2) is 22.7 Å². The number of nitrogens with one attached hydrogen (secondary N) is 1. The second-order valence-corrected chi connectivity index (χ2v) is 6.24. The molecule has 0 saturated carbocycles. The average Bonchev–Trinajstić information content (AvgIpc) is 2.56. The summed E-state index contributed by atoms with van der Waals surface area (Å²) in [5.74, 6) is -0.129. The lowest BCUT2D eigenvalue weighted by Crippen LogP contribution is -2.46. The number of carbonyl (C=O) groups is 2. The van der Waals surface area contributed by atoms with Gasteiger partial charge >= 0.3 is 0 Å². The first-order valence-corrected chi connectivity index (χ1v) is 8.21. The number of rotatable bonds is 4. The first kappa shape index (κ1) is 16.2. The van der Waals surface area contributed by atoms with Crippen LogP contribution in [0.4, 0.5) is 5.69 Å². The molecule has 0 radical (unpaired) electrons. The third kappa shape index (κ3) is 4.01. The van der Waals surface area contributed by atoms with Crippen LogP contribution in [0.2, 0.25) is 0 Å². The van der Waals surface area contributed by atoms with E-state index in [9.17, 15) is 9.59 Å². The second kappa shape index (κ2) is 7.29. The van der Waals surface area contributed by atoms with E-state index in [2.05, 4.69) is 21.4 Å². The van der Waals surface area contributed by atoms with E-state index < -0.39 is 12.2 Å². The lowest BCUT2D eigenvalue weighted by atomic mass is 10.2. The van der Waals surface area contributed by atoms with E-state index >= 15 is 0 Å². The molecule has 0 spiro atoms. The fraction of sp³-hybridized carbons (Fsp3) is 0.467. The first-order chi connectivity index (χ1) is 11.1. The van der Waals surface area contributed by atoms with Crippen LogP contribution < -0.4 is 15.1 Å². The molecule has 1 saturated heterocycles. The Bertz CT molecular complexity index is 604. The van der Waals surface area contributed by atoms with E-state index in [0.717, 1.165) is 23.7 Å². The third-order valence-electron chi connectivity index (χ3n) is 3.61. The number of hydroxylamine groups is 1. The molecule has 1 unspecified atom stereocenters. The molecule has 23 heavy (non-hydrogen) atoms. The molecular weight excluding hydrogens is 368 g/mol. The zero-order chi connectivity index (χ0) is 16.2. The largest absolute Gasteiger partial charge is 0.482 e. The molecule has 1 N–H and O–H groups in total. The molecule has 3 rings (SSSR count). The molecule has 2 aliphatic rings. The van der Waals surface area contributed by atoms with Crippen molar-refractivity contribution >= 4 is 33.4 Å². The van der Waals surface area contributed by atoms with Gasteiger partial charge in [-0.25, -0.2) is 10.3 Å². The third-order valence-corrected chi connectivity index (χ3v) is 4.10. The van der Waals surface area contributed by atoms with Crippen molar-refractivity contribution < 1.29 is 23.9 Å². The summed E-state index contributed by atoms with van der Waals surface area (Å²) < 4.78 is 11.6. The van der Waals surface area contributed by atoms with Gasteiger partial charge in [0.15, 0.2) is 12.9 Å². The van der Waals surface area contributed by atoms with Crippen LogP contribution in [-0.4, -0.2) is 37.9 Å². The lowest BCUT2D eigenvalue weighted by Gasteiger charge is -2.29. The smallest absolute Gasteiger partial charge is 0.265 e. The summed E-state index contributed by atoms with van der Waals surface area (Å²) in [6, 6.07) is 5.28. The topological polar surface area (TPSA) is 77.1 Å². The average molecular weight is 385 g/mol. The van der Waals surface area contributed by atoms with E-state index in [0.29, 0.717) is 18.0 Å². The predicted molar refractivity (Wildman–Crippen MR) is 84.8 cm³/mol. The van der Waals surface area contributed by atoms with Gasteiger partial charge in [0.25, 0.3) is 11.8 Å². The van der Waals surface area contributed by atoms with Crippen molar-refractivity contribution in [3.8, 4) is 5.75 Å². The Morgan fingerprint density at radius 1 is 1.43 bits per heavy atom. The molecule has 2 heterocycles. The van der Waals surface area contributed by atoms with Crippen LogP contribution in [0, 0.1) is 0 Å². The van der Waals surface area contributed by atoms with Crippen LogP contribution >= 0.6 is 15.9 Å². The minimum Gasteiger partial charge on any atom is -0.482 e. The van der Waals surface area contributed by atoms with Crippen molar-refractivity contribution in [3.05, 3.63) is 22.7 Å². The minimum atomic E-state index is -0.420. The highest BCUT2D eigenvalue weighted by Crippen LogP contribution is 2.34. The highest BCUT2D eigenvalue weighted by Gasteiger charge is 2.28. The standard InChI is InChI=1S/C15H17BrN2O5/c16-10-4-5-11-12(7-10)22-9-14(20)18(11)8-13(19)17-23-15-3-1-2-6-21-15/h4-5,7,15H,1-3,6,8-9H2,(H,17,19). The molecule has 1 aromatic carbocycles. The summed E-state index contributed by atoms with van der Waals surface area (Å²) in [6.07, 6.45) is 2.33. The number of carbonyl (C=O) groups excluding carboxylic acids is 2. The van der Waals surface area contributed by atoms with E-state index in [1.54, 1.807) is 18.2 Å². The summed E-state index contributed by atoms with van der Waals surface area (Å²) in [4.78, 5) is 30.7. The summed E-state index contributed by atoms with van der Waals surface area (Å²) in [5.41, 5.74) is 2.92. The predicted octanol–water partition coefficient (Wildman–Crippen LogP) is 1.75. The van der Waals surface area contributed by atoms with Gasteiger partial charge in [0.05, 0.1) is 5.69 Å². The maximum absolute atomic E-state index is 12.0. The Labute approximate surface area is 141 Å². The van der Waals surface area contributed by atoms with E-state index in [1.165, 1.54) is 4.90 Å². The number of amides is 2. The molecule has 124 valence electrons. The maximum Gasteiger partial charge on any atom is 0.265 e. The number of hydrogen-bond acceptors (Lipinski definition) is 5. The molecule has 7 nitrogen and oxygen atoms in total. The Hall–Kier alpha value is -1.64. The normalized spacial score (nSPS) is 20.7. The highest BCUT2D eigenvalue weighted by atomic mass is 79.9. The van der Waals surface area contributed by atoms with Crippen LogP contribution in [0.25, 0.3) is 0 Å². The number of hydrogen-bond donors (Lipinski definition) is 1. The van der Waals surface area contributed by atoms with Gasteiger partial charge in [-0.3, -0.25) is 14.5 Å². The van der Waals surface area contributed by atoms with Crippen molar-refractivity contribution in [1.29, 1.82) is 0 Å². The van der Waals surface area contributed by atoms with Crippen LogP contribution in [-0.2, 0) is 19.2 Å². The van der Waals surface area contributed by atoms with Gasteiger partial charge in [-0.1, -0.05) is 15.9 Å². The van der Waals surface area contributed by atoms with Crippen molar-refractivity contribution in [2.45, 2.75) is 25.6 Å². The number of ether oxygens (including phenoxy) is 2. The number of benzene rings is 1. The summed E-state index contributed by atoms with van der Waals surface area (Å²) in [5, 5.41) is 0. The molecule has 1 atom stereocenters. The molecule has 1 fully saturated rings. The van der Waals surface area contributed by atoms with Gasteiger partial charge in [-0.05, 0) is 31.0 Å². The van der Waals surface area contributed by atoms with Crippen molar-refractivity contribution in [2.75, 3.05) is 24.7 Å². The zero-order valence-corrected chi connectivity index (χ0v) is 14.0. The van der Waals surface area contributed by atoms with Gasteiger partial charge in [0.2, 0.25) is 0 Å². The number of halogens is 1. The summed E-state index contributed by atoms with van der Waals surface area (Å²) in [6.45, 7) is 0.400. The summed E-state index contributed by atoms with van der Waals surface area (Å²) in [7, 11) is 0. The van der Waals surface area contributed by atoms with Crippen LogP contribution in [0.5, 0.6) is 5.75 Å². The van der Waals surface area contributed by atoms with Crippen molar-refractivity contribution in [2.24, 2.45) is 0 Å². The molecule has 8 heteroatoms. The van der Waals surface area contributed by atoms with Crippen LogP contribution in [0.1, 0.15) is 19.3 Å². The fourth-order valence-corrected chi connectivity index (χ4v) is 2.80. The van der Waals surface area contributed by atoms with Gasteiger partial charge in [-0.2, -0.15) is 0 Å². The van der Waals surface area contributed by atoms with E-state index in [4.69, 9.17) is 14.3 Å². The van der Waals surface area contributed by atoms with Crippen molar-refractivity contribution in [1.82, 2.24) is 5.48 Å². The Balaban J connectivity index is 1.60. The molecule has 0 bridgehead atoms. The number of anilines is 1. The molecule has 2 aliphatic heterocycles. The quantitative estimate of drug-likeness (QED) is 0.800. The Morgan fingerprint density at radius 3 is 3.09 bits per heavy atom. The Kier molecular flexibility index (Phi) is 5.14. The van der Waals surface area contributed by atoms with E-state index in [-0.39, 0.29) is 19.1 Å². The van der Waals surface area contributed by atoms with Gasteiger partial charge in [0, 0.05) is 17.5 Å². The number of fused-ring (bicyclic) bond motifs is 1. The molecule has 0 aromatic heterocycles. The Morgan fingerprint density at radius 2 is 2.30 bits per heavy atom. The molecule has 2 amide bonds. The SMILES string of the molecule is O=C(CN1C(=O)COc2cc(Br)ccc21)NOC1CCCCO1. The second-order valence-electron chi connectivity index (χ2n) is 5.32. The minimum absolute atomic E-state index is 0.0939.